The Balaban J connectivity index is 1.75. The second kappa shape index (κ2) is 9.47. The zero-order valence-electron chi connectivity index (χ0n) is 13.9. The minimum atomic E-state index is 0.270. The van der Waals surface area contributed by atoms with Crippen LogP contribution in [0, 0.1) is 0 Å². The maximum absolute atomic E-state index is 5.53. The van der Waals surface area contributed by atoms with E-state index in [1.807, 2.05) is 0 Å². The van der Waals surface area contributed by atoms with Gasteiger partial charge >= 0.3 is 0 Å². The first kappa shape index (κ1) is 17.7. The summed E-state index contributed by atoms with van der Waals surface area (Å²) in [6, 6.07) is 8.34. The fourth-order valence-electron chi connectivity index (χ4n) is 2.58. The molecule has 1 atom stereocenters. The SMILES string of the molecule is CCN(CC)c1ccc(/C=N\NC(=S)NC[C@@H]2CCCO2)cc1. The summed E-state index contributed by atoms with van der Waals surface area (Å²) in [5.74, 6) is 0. The van der Waals surface area contributed by atoms with Crippen LogP contribution in [-0.2, 0) is 4.74 Å². The van der Waals surface area contributed by atoms with Gasteiger partial charge in [-0.25, -0.2) is 0 Å². The van der Waals surface area contributed by atoms with Crippen molar-refractivity contribution in [1.29, 1.82) is 0 Å². The molecule has 0 amide bonds. The molecular weight excluding hydrogens is 308 g/mol. The molecule has 1 saturated heterocycles. The molecule has 1 aliphatic heterocycles. The number of hydrogen-bond donors (Lipinski definition) is 2. The van der Waals surface area contributed by atoms with Crippen molar-refractivity contribution in [2.24, 2.45) is 5.10 Å². The van der Waals surface area contributed by atoms with Crippen molar-refractivity contribution in [2.45, 2.75) is 32.8 Å². The van der Waals surface area contributed by atoms with Gasteiger partial charge in [-0.2, -0.15) is 5.10 Å². The third-order valence-electron chi connectivity index (χ3n) is 3.92. The summed E-state index contributed by atoms with van der Waals surface area (Å²) >= 11 is 5.19. The molecule has 2 N–H and O–H groups in total. The van der Waals surface area contributed by atoms with E-state index < -0.39 is 0 Å². The van der Waals surface area contributed by atoms with Gasteiger partial charge in [0.25, 0.3) is 0 Å². The lowest BCUT2D eigenvalue weighted by molar-refractivity contribution is 0.114. The van der Waals surface area contributed by atoms with Crippen molar-refractivity contribution in [2.75, 3.05) is 31.1 Å². The van der Waals surface area contributed by atoms with Gasteiger partial charge in [0.2, 0.25) is 0 Å². The molecule has 1 fully saturated rings. The van der Waals surface area contributed by atoms with E-state index in [9.17, 15) is 0 Å². The maximum Gasteiger partial charge on any atom is 0.187 e. The summed E-state index contributed by atoms with van der Waals surface area (Å²) < 4.78 is 5.53. The third-order valence-corrected chi connectivity index (χ3v) is 4.15. The highest BCUT2D eigenvalue weighted by atomic mass is 32.1. The largest absolute Gasteiger partial charge is 0.376 e. The Morgan fingerprint density at radius 3 is 2.70 bits per heavy atom. The number of hydrogen-bond acceptors (Lipinski definition) is 4. The Labute approximate surface area is 144 Å². The number of ether oxygens (including phenoxy) is 1. The average molecular weight is 334 g/mol. The van der Waals surface area contributed by atoms with Crippen molar-refractivity contribution in [3.8, 4) is 0 Å². The molecule has 23 heavy (non-hydrogen) atoms. The Bertz CT molecular complexity index is 508. The minimum absolute atomic E-state index is 0.270. The fourth-order valence-corrected chi connectivity index (χ4v) is 2.71. The molecule has 126 valence electrons. The van der Waals surface area contributed by atoms with Crippen LogP contribution < -0.4 is 15.6 Å². The van der Waals surface area contributed by atoms with E-state index in [1.54, 1.807) is 6.21 Å². The molecule has 6 heteroatoms. The minimum Gasteiger partial charge on any atom is -0.376 e. The molecule has 1 aliphatic rings. The lowest BCUT2D eigenvalue weighted by atomic mass is 10.2. The van der Waals surface area contributed by atoms with Gasteiger partial charge in [-0.3, -0.25) is 5.43 Å². The number of rotatable bonds is 7. The van der Waals surface area contributed by atoms with Crippen LogP contribution in [0.25, 0.3) is 0 Å². The number of nitrogens with zero attached hydrogens (tertiary/aromatic N) is 2. The van der Waals surface area contributed by atoms with Gasteiger partial charge in [-0.05, 0) is 56.6 Å². The number of anilines is 1. The van der Waals surface area contributed by atoms with E-state index in [1.165, 1.54) is 5.69 Å². The van der Waals surface area contributed by atoms with Gasteiger partial charge in [0.1, 0.15) is 0 Å². The number of benzene rings is 1. The quantitative estimate of drug-likeness (QED) is 0.456. The van der Waals surface area contributed by atoms with Crippen molar-refractivity contribution in [3.63, 3.8) is 0 Å². The van der Waals surface area contributed by atoms with Crippen LogP contribution in [-0.4, -0.2) is 43.7 Å². The molecule has 5 nitrogen and oxygen atoms in total. The first-order valence-corrected chi connectivity index (χ1v) is 8.67. The maximum atomic E-state index is 5.53. The molecule has 0 saturated carbocycles. The van der Waals surface area contributed by atoms with Gasteiger partial charge in [0.15, 0.2) is 5.11 Å². The first-order chi connectivity index (χ1) is 11.2. The Morgan fingerprint density at radius 2 is 2.09 bits per heavy atom. The molecular formula is C17H26N4OS. The third kappa shape index (κ3) is 5.80. The van der Waals surface area contributed by atoms with Gasteiger partial charge in [-0.1, -0.05) is 12.1 Å². The second-order valence-corrected chi connectivity index (χ2v) is 5.89. The summed E-state index contributed by atoms with van der Waals surface area (Å²) in [5.41, 5.74) is 5.11. The summed E-state index contributed by atoms with van der Waals surface area (Å²) in [5, 5.41) is 7.82. The van der Waals surface area contributed by atoms with Crippen LogP contribution in [0.5, 0.6) is 0 Å². The lowest BCUT2D eigenvalue weighted by Gasteiger charge is -2.20. The zero-order valence-corrected chi connectivity index (χ0v) is 14.7. The van der Waals surface area contributed by atoms with E-state index in [0.29, 0.717) is 5.11 Å². The topological polar surface area (TPSA) is 48.9 Å². The van der Waals surface area contributed by atoms with Crippen LogP contribution in [0.4, 0.5) is 5.69 Å². The van der Waals surface area contributed by atoms with E-state index >= 15 is 0 Å². The van der Waals surface area contributed by atoms with Crippen molar-refractivity contribution >= 4 is 29.2 Å². The summed E-state index contributed by atoms with van der Waals surface area (Å²) in [7, 11) is 0. The van der Waals surface area contributed by atoms with Crippen LogP contribution in [0.3, 0.4) is 0 Å². The van der Waals surface area contributed by atoms with E-state index in [-0.39, 0.29) is 6.10 Å². The molecule has 2 rings (SSSR count). The zero-order chi connectivity index (χ0) is 16.5. The normalized spacial score (nSPS) is 17.4. The summed E-state index contributed by atoms with van der Waals surface area (Å²) in [6.07, 6.45) is 4.27. The van der Waals surface area contributed by atoms with Crippen molar-refractivity contribution in [1.82, 2.24) is 10.7 Å². The van der Waals surface area contributed by atoms with Crippen LogP contribution >= 0.6 is 12.2 Å². The Hall–Kier alpha value is -1.66. The molecule has 0 bridgehead atoms. The summed E-state index contributed by atoms with van der Waals surface area (Å²) in [4.78, 5) is 2.31. The van der Waals surface area contributed by atoms with Crippen LogP contribution in [0.15, 0.2) is 29.4 Å². The number of hydrazone groups is 1. The first-order valence-electron chi connectivity index (χ1n) is 8.26. The molecule has 0 unspecified atom stereocenters. The number of nitrogens with one attached hydrogen (secondary N) is 2. The predicted octanol–water partition coefficient (Wildman–Crippen LogP) is 2.51. The molecule has 0 aliphatic carbocycles. The molecule has 0 aromatic heterocycles. The van der Waals surface area contributed by atoms with E-state index in [2.05, 4.69) is 58.9 Å². The van der Waals surface area contributed by atoms with Gasteiger partial charge in [0, 0.05) is 31.9 Å². The molecule has 1 aromatic carbocycles. The number of thiocarbonyl (C=S) groups is 1. The van der Waals surface area contributed by atoms with Crippen LogP contribution in [0.1, 0.15) is 32.3 Å². The highest BCUT2D eigenvalue weighted by Gasteiger charge is 2.14. The molecule has 1 aromatic rings. The highest BCUT2D eigenvalue weighted by molar-refractivity contribution is 7.80. The standard InChI is InChI=1S/C17H26N4OS/c1-3-21(4-2)15-9-7-14(8-10-15)12-19-20-17(23)18-13-16-6-5-11-22-16/h7-10,12,16H,3-6,11,13H2,1-2H3,(H2,18,20,23)/b19-12-/t16-/m0/s1. The van der Waals surface area contributed by atoms with Gasteiger partial charge < -0.3 is 15.0 Å². The lowest BCUT2D eigenvalue weighted by Crippen LogP contribution is -2.37. The van der Waals surface area contributed by atoms with E-state index in [4.69, 9.17) is 17.0 Å². The summed E-state index contributed by atoms with van der Waals surface area (Å²) in [6.45, 7) is 7.93. The second-order valence-electron chi connectivity index (χ2n) is 5.48. The molecule has 1 heterocycles. The predicted molar refractivity (Wildman–Crippen MR) is 100 cm³/mol. The van der Waals surface area contributed by atoms with Crippen molar-refractivity contribution in [3.05, 3.63) is 29.8 Å². The molecule has 0 spiro atoms. The highest BCUT2D eigenvalue weighted by Crippen LogP contribution is 2.14. The Kier molecular flexibility index (Phi) is 7.29. The fraction of sp³-hybridized carbons (Fsp3) is 0.529. The van der Waals surface area contributed by atoms with Gasteiger partial charge in [0.05, 0.1) is 12.3 Å². The van der Waals surface area contributed by atoms with Crippen LogP contribution in [0.2, 0.25) is 0 Å². The van der Waals surface area contributed by atoms with Gasteiger partial charge in [-0.15, -0.1) is 0 Å². The monoisotopic (exact) mass is 334 g/mol. The average Bonchev–Trinajstić information content (AvgIpc) is 3.09. The van der Waals surface area contributed by atoms with E-state index in [0.717, 1.165) is 44.6 Å². The Morgan fingerprint density at radius 1 is 1.35 bits per heavy atom. The molecule has 0 radical (unpaired) electrons. The smallest absolute Gasteiger partial charge is 0.187 e. The van der Waals surface area contributed by atoms with Crippen molar-refractivity contribution < 1.29 is 4.74 Å².